The molecule has 0 radical (unpaired) electrons. The second-order valence-electron chi connectivity index (χ2n) is 6.72. The molecule has 0 heterocycles. The molecule has 0 spiro atoms. The smallest absolute Gasteiger partial charge is 0.249 e. The van der Waals surface area contributed by atoms with Gasteiger partial charge in [-0.1, -0.05) is 38.5 Å². The highest BCUT2D eigenvalue weighted by Crippen LogP contribution is 2.25. The van der Waals surface area contributed by atoms with Gasteiger partial charge in [-0.05, 0) is 32.6 Å². The van der Waals surface area contributed by atoms with Crippen LogP contribution in [-0.2, 0) is 9.53 Å². The van der Waals surface area contributed by atoms with Crippen molar-refractivity contribution in [1.82, 2.24) is 5.32 Å². The highest BCUT2D eigenvalue weighted by atomic mass is 16.5. The Labute approximate surface area is 122 Å². The quantitative estimate of drug-likeness (QED) is 0.762. The first kappa shape index (κ1) is 15.8. The summed E-state index contributed by atoms with van der Waals surface area (Å²) in [5.74, 6) is 0.0223. The maximum atomic E-state index is 12.1. The molecule has 20 heavy (non-hydrogen) atoms. The van der Waals surface area contributed by atoms with Gasteiger partial charge in [0, 0.05) is 11.6 Å². The van der Waals surface area contributed by atoms with E-state index in [4.69, 9.17) is 10.5 Å². The molecule has 2 saturated carbocycles. The number of amides is 1. The maximum Gasteiger partial charge on any atom is 0.249 e. The van der Waals surface area contributed by atoms with E-state index in [1.807, 2.05) is 6.92 Å². The van der Waals surface area contributed by atoms with E-state index in [9.17, 15) is 4.79 Å². The normalized spacial score (nSPS) is 25.1. The van der Waals surface area contributed by atoms with Gasteiger partial charge in [-0.2, -0.15) is 0 Å². The average Bonchev–Trinajstić information content (AvgIpc) is 2.83. The van der Waals surface area contributed by atoms with Crippen molar-refractivity contribution in [1.29, 1.82) is 0 Å². The van der Waals surface area contributed by atoms with Gasteiger partial charge in [0.25, 0.3) is 0 Å². The molecule has 2 aliphatic carbocycles. The molecule has 0 aromatic heterocycles. The van der Waals surface area contributed by atoms with E-state index < -0.39 is 0 Å². The van der Waals surface area contributed by atoms with Crippen LogP contribution in [0.15, 0.2) is 0 Å². The van der Waals surface area contributed by atoms with Crippen LogP contribution in [0.4, 0.5) is 0 Å². The van der Waals surface area contributed by atoms with Crippen molar-refractivity contribution < 1.29 is 9.53 Å². The van der Waals surface area contributed by atoms with Gasteiger partial charge in [0.2, 0.25) is 5.91 Å². The molecular formula is C16H30N2O2. The Hall–Kier alpha value is -0.610. The average molecular weight is 282 g/mol. The zero-order chi connectivity index (χ0) is 14.4. The fourth-order valence-electron chi connectivity index (χ4n) is 3.33. The largest absolute Gasteiger partial charge is 0.367 e. The molecule has 4 nitrogen and oxygen atoms in total. The lowest BCUT2D eigenvalue weighted by Gasteiger charge is -2.29. The highest BCUT2D eigenvalue weighted by molar-refractivity contribution is 5.80. The molecule has 1 amide bonds. The molecule has 2 aliphatic rings. The lowest BCUT2D eigenvalue weighted by Crippen LogP contribution is -2.47. The molecule has 2 rings (SSSR count). The first-order chi connectivity index (χ1) is 9.59. The van der Waals surface area contributed by atoms with Crippen molar-refractivity contribution in [2.75, 3.05) is 6.61 Å². The molecule has 1 atom stereocenters. The van der Waals surface area contributed by atoms with Crippen LogP contribution in [0.25, 0.3) is 0 Å². The molecule has 0 aliphatic heterocycles. The Morgan fingerprint density at radius 2 is 1.80 bits per heavy atom. The number of rotatable bonds is 5. The van der Waals surface area contributed by atoms with Crippen molar-refractivity contribution in [3.63, 3.8) is 0 Å². The van der Waals surface area contributed by atoms with Gasteiger partial charge in [0.15, 0.2) is 0 Å². The lowest BCUT2D eigenvalue weighted by molar-refractivity contribution is -0.133. The van der Waals surface area contributed by atoms with E-state index in [0.29, 0.717) is 12.6 Å². The van der Waals surface area contributed by atoms with E-state index in [-0.39, 0.29) is 17.6 Å². The summed E-state index contributed by atoms with van der Waals surface area (Å²) in [6.45, 7) is 2.34. The first-order valence-electron chi connectivity index (χ1n) is 8.30. The van der Waals surface area contributed by atoms with Crippen molar-refractivity contribution in [2.45, 2.75) is 88.8 Å². The Bertz CT molecular complexity index is 306. The minimum absolute atomic E-state index is 0.0223. The summed E-state index contributed by atoms with van der Waals surface area (Å²) in [5.41, 5.74) is 6.19. The van der Waals surface area contributed by atoms with Crippen LogP contribution >= 0.6 is 0 Å². The first-order valence-corrected chi connectivity index (χ1v) is 8.30. The third kappa shape index (κ3) is 4.74. The Kier molecular flexibility index (Phi) is 5.85. The van der Waals surface area contributed by atoms with E-state index in [1.165, 1.54) is 38.5 Å². The number of carbonyl (C=O) groups excluding carboxylic acids is 1. The van der Waals surface area contributed by atoms with Gasteiger partial charge in [-0.25, -0.2) is 0 Å². The van der Waals surface area contributed by atoms with Crippen molar-refractivity contribution >= 4 is 5.91 Å². The summed E-state index contributed by atoms with van der Waals surface area (Å²) in [7, 11) is 0. The molecule has 0 aromatic carbocycles. The molecule has 2 fully saturated rings. The summed E-state index contributed by atoms with van der Waals surface area (Å²) in [6.07, 6.45) is 11.2. The monoisotopic (exact) mass is 282 g/mol. The van der Waals surface area contributed by atoms with E-state index in [0.717, 1.165) is 25.7 Å². The van der Waals surface area contributed by atoms with Gasteiger partial charge >= 0.3 is 0 Å². The third-order valence-electron chi connectivity index (χ3n) is 4.79. The second kappa shape index (κ2) is 7.41. The van der Waals surface area contributed by atoms with Crippen molar-refractivity contribution in [3.8, 4) is 0 Å². The van der Waals surface area contributed by atoms with Gasteiger partial charge in [0.05, 0.1) is 6.61 Å². The van der Waals surface area contributed by atoms with Crippen LogP contribution in [0.2, 0.25) is 0 Å². The SMILES string of the molecule is CC(OCC1(N)CCCCCC1)C(=O)NC1CCCC1. The summed E-state index contributed by atoms with van der Waals surface area (Å²) in [4.78, 5) is 12.1. The van der Waals surface area contributed by atoms with E-state index >= 15 is 0 Å². The van der Waals surface area contributed by atoms with Crippen LogP contribution in [0.5, 0.6) is 0 Å². The third-order valence-corrected chi connectivity index (χ3v) is 4.79. The summed E-state index contributed by atoms with van der Waals surface area (Å²) < 4.78 is 5.78. The Morgan fingerprint density at radius 1 is 1.20 bits per heavy atom. The standard InChI is InChI=1S/C16H30N2O2/c1-13(15(19)18-14-8-4-5-9-14)20-12-16(17)10-6-2-3-7-11-16/h13-14H,2-12,17H2,1H3,(H,18,19). The van der Waals surface area contributed by atoms with Crippen LogP contribution in [0.1, 0.15) is 71.1 Å². The fraction of sp³-hybridized carbons (Fsp3) is 0.938. The molecule has 3 N–H and O–H groups in total. The zero-order valence-electron chi connectivity index (χ0n) is 12.8. The number of nitrogens with two attached hydrogens (primary N) is 1. The van der Waals surface area contributed by atoms with Crippen LogP contribution < -0.4 is 11.1 Å². The minimum atomic E-state index is -0.390. The lowest BCUT2D eigenvalue weighted by atomic mass is 9.92. The second-order valence-corrected chi connectivity index (χ2v) is 6.72. The van der Waals surface area contributed by atoms with Gasteiger partial charge < -0.3 is 15.8 Å². The van der Waals surface area contributed by atoms with Crippen LogP contribution in [0, 0.1) is 0 Å². The molecule has 116 valence electrons. The van der Waals surface area contributed by atoms with Gasteiger partial charge in [0.1, 0.15) is 6.10 Å². The molecule has 4 heteroatoms. The van der Waals surface area contributed by atoms with Gasteiger partial charge in [-0.15, -0.1) is 0 Å². The number of ether oxygens (including phenoxy) is 1. The van der Waals surface area contributed by atoms with Gasteiger partial charge in [-0.3, -0.25) is 4.79 Å². The highest BCUT2D eigenvalue weighted by Gasteiger charge is 2.29. The Morgan fingerprint density at radius 3 is 2.40 bits per heavy atom. The fourth-order valence-corrected chi connectivity index (χ4v) is 3.33. The number of hydrogen-bond acceptors (Lipinski definition) is 3. The topological polar surface area (TPSA) is 64.3 Å². The van der Waals surface area contributed by atoms with Crippen LogP contribution in [-0.4, -0.2) is 30.2 Å². The maximum absolute atomic E-state index is 12.1. The molecular weight excluding hydrogens is 252 g/mol. The number of hydrogen-bond donors (Lipinski definition) is 2. The van der Waals surface area contributed by atoms with Crippen molar-refractivity contribution in [3.05, 3.63) is 0 Å². The summed E-state index contributed by atoms with van der Waals surface area (Å²) in [5, 5.41) is 3.09. The van der Waals surface area contributed by atoms with E-state index in [2.05, 4.69) is 5.32 Å². The van der Waals surface area contributed by atoms with Crippen molar-refractivity contribution in [2.24, 2.45) is 5.73 Å². The predicted octanol–water partition coefficient (Wildman–Crippen LogP) is 2.50. The predicted molar refractivity (Wildman–Crippen MR) is 80.4 cm³/mol. The summed E-state index contributed by atoms with van der Waals surface area (Å²) in [6, 6.07) is 0.360. The van der Waals surface area contributed by atoms with Crippen LogP contribution in [0.3, 0.4) is 0 Å². The molecule has 0 aromatic rings. The zero-order valence-corrected chi connectivity index (χ0v) is 12.8. The Balaban J connectivity index is 1.72. The molecule has 0 saturated heterocycles. The molecule has 0 bridgehead atoms. The summed E-state index contributed by atoms with van der Waals surface area (Å²) >= 11 is 0. The van der Waals surface area contributed by atoms with E-state index in [1.54, 1.807) is 0 Å². The number of nitrogens with one attached hydrogen (secondary N) is 1. The molecule has 1 unspecified atom stereocenters. The number of carbonyl (C=O) groups is 1. The minimum Gasteiger partial charge on any atom is -0.367 e.